The summed E-state index contributed by atoms with van der Waals surface area (Å²) in [5.74, 6) is 0.721. The molecular formula is C18H22N4O2. The fraction of sp³-hybridized carbons (Fsp3) is 0.333. The lowest BCUT2D eigenvalue weighted by atomic mass is 10.2. The van der Waals surface area contributed by atoms with Crippen LogP contribution in [0.3, 0.4) is 0 Å². The van der Waals surface area contributed by atoms with Crippen molar-refractivity contribution in [2.45, 2.75) is 19.8 Å². The van der Waals surface area contributed by atoms with Gasteiger partial charge in [0.15, 0.2) is 0 Å². The molecule has 2 N–H and O–H groups in total. The molecule has 2 heterocycles. The van der Waals surface area contributed by atoms with Gasteiger partial charge in [-0.3, -0.25) is 5.32 Å². The maximum atomic E-state index is 11.3. The summed E-state index contributed by atoms with van der Waals surface area (Å²) >= 11 is 0. The van der Waals surface area contributed by atoms with Crippen LogP contribution in [-0.2, 0) is 4.74 Å². The summed E-state index contributed by atoms with van der Waals surface area (Å²) in [6, 6.07) is 12.0. The lowest BCUT2D eigenvalue weighted by Gasteiger charge is -2.17. The maximum absolute atomic E-state index is 11.3. The van der Waals surface area contributed by atoms with Gasteiger partial charge >= 0.3 is 6.09 Å². The highest BCUT2D eigenvalue weighted by Crippen LogP contribution is 2.23. The number of rotatable bonds is 5. The van der Waals surface area contributed by atoms with E-state index in [-0.39, 0.29) is 0 Å². The standard InChI is InChI=1S/C18H22N4O2/c1-2-24-18(23)21-15-7-10-17(19-13-15)20-14-5-8-16(9-6-14)22-11-3-4-12-22/h5-10,13H,2-4,11-12H2,1H3,(H,19,20)(H,21,23). The number of aromatic nitrogens is 1. The van der Waals surface area contributed by atoms with E-state index in [4.69, 9.17) is 4.74 Å². The highest BCUT2D eigenvalue weighted by molar-refractivity contribution is 5.84. The van der Waals surface area contributed by atoms with Gasteiger partial charge < -0.3 is 15.0 Å². The first-order valence-corrected chi connectivity index (χ1v) is 8.26. The predicted molar refractivity (Wildman–Crippen MR) is 96.1 cm³/mol. The van der Waals surface area contributed by atoms with E-state index in [9.17, 15) is 4.79 Å². The summed E-state index contributed by atoms with van der Waals surface area (Å²) in [6.45, 7) is 4.39. The van der Waals surface area contributed by atoms with Gasteiger partial charge in [0.1, 0.15) is 5.82 Å². The van der Waals surface area contributed by atoms with Gasteiger partial charge in [-0.05, 0) is 56.2 Å². The van der Waals surface area contributed by atoms with Gasteiger partial charge in [0.05, 0.1) is 18.5 Å². The highest BCUT2D eigenvalue weighted by Gasteiger charge is 2.11. The Labute approximate surface area is 141 Å². The summed E-state index contributed by atoms with van der Waals surface area (Å²) in [5, 5.41) is 5.87. The van der Waals surface area contributed by atoms with Crippen molar-refractivity contribution in [2.24, 2.45) is 0 Å². The van der Waals surface area contributed by atoms with E-state index >= 15 is 0 Å². The van der Waals surface area contributed by atoms with Crippen molar-refractivity contribution in [3.63, 3.8) is 0 Å². The van der Waals surface area contributed by atoms with Gasteiger partial charge in [0.2, 0.25) is 0 Å². The van der Waals surface area contributed by atoms with Crippen LogP contribution in [0.1, 0.15) is 19.8 Å². The molecule has 0 atom stereocenters. The lowest BCUT2D eigenvalue weighted by molar-refractivity contribution is 0.168. The third-order valence-electron chi connectivity index (χ3n) is 3.90. The highest BCUT2D eigenvalue weighted by atomic mass is 16.5. The molecule has 1 aliphatic heterocycles. The van der Waals surface area contributed by atoms with Gasteiger partial charge in [-0.25, -0.2) is 9.78 Å². The van der Waals surface area contributed by atoms with Crippen molar-refractivity contribution in [2.75, 3.05) is 35.2 Å². The molecule has 0 saturated carbocycles. The Balaban J connectivity index is 1.58. The van der Waals surface area contributed by atoms with Crippen LogP contribution in [-0.4, -0.2) is 30.8 Å². The van der Waals surface area contributed by atoms with Gasteiger partial charge in [0, 0.05) is 24.5 Å². The normalized spacial score (nSPS) is 13.6. The Morgan fingerprint density at radius 3 is 2.46 bits per heavy atom. The average molecular weight is 326 g/mol. The van der Waals surface area contributed by atoms with Crippen molar-refractivity contribution in [1.29, 1.82) is 0 Å². The van der Waals surface area contributed by atoms with Crippen molar-refractivity contribution >= 4 is 29.0 Å². The zero-order valence-corrected chi connectivity index (χ0v) is 13.8. The summed E-state index contributed by atoms with van der Waals surface area (Å²) in [5.41, 5.74) is 2.85. The second-order valence-electron chi connectivity index (χ2n) is 5.64. The molecule has 0 bridgehead atoms. The first-order valence-electron chi connectivity index (χ1n) is 8.26. The molecule has 1 aliphatic rings. The summed E-state index contributed by atoms with van der Waals surface area (Å²) in [7, 11) is 0. The van der Waals surface area contributed by atoms with Crippen molar-refractivity contribution in [3.05, 3.63) is 42.6 Å². The van der Waals surface area contributed by atoms with Gasteiger partial charge in [-0.15, -0.1) is 0 Å². The first kappa shape index (κ1) is 16.1. The van der Waals surface area contributed by atoms with Crippen molar-refractivity contribution in [3.8, 4) is 0 Å². The Hall–Kier alpha value is -2.76. The number of anilines is 4. The number of hydrogen-bond donors (Lipinski definition) is 2. The van der Waals surface area contributed by atoms with Crippen LogP contribution in [0.15, 0.2) is 42.6 Å². The molecular weight excluding hydrogens is 304 g/mol. The van der Waals surface area contributed by atoms with E-state index in [1.807, 2.05) is 6.07 Å². The molecule has 1 aromatic carbocycles. The van der Waals surface area contributed by atoms with Crippen LogP contribution >= 0.6 is 0 Å². The van der Waals surface area contributed by atoms with Crippen LogP contribution in [0.2, 0.25) is 0 Å². The number of nitrogens with zero attached hydrogens (tertiary/aromatic N) is 2. The van der Waals surface area contributed by atoms with E-state index < -0.39 is 6.09 Å². The van der Waals surface area contributed by atoms with Crippen LogP contribution in [0.25, 0.3) is 0 Å². The third kappa shape index (κ3) is 4.16. The summed E-state index contributed by atoms with van der Waals surface area (Å²) < 4.78 is 4.83. The second-order valence-corrected chi connectivity index (χ2v) is 5.64. The SMILES string of the molecule is CCOC(=O)Nc1ccc(Nc2ccc(N3CCCC3)cc2)nc1. The van der Waals surface area contributed by atoms with Gasteiger partial charge in [-0.1, -0.05) is 0 Å². The molecule has 6 heteroatoms. The van der Waals surface area contributed by atoms with E-state index in [0.29, 0.717) is 12.3 Å². The minimum atomic E-state index is -0.475. The smallest absolute Gasteiger partial charge is 0.411 e. The van der Waals surface area contributed by atoms with E-state index in [1.165, 1.54) is 18.5 Å². The number of amides is 1. The molecule has 1 amide bonds. The molecule has 6 nitrogen and oxygen atoms in total. The fourth-order valence-electron chi connectivity index (χ4n) is 2.71. The van der Waals surface area contributed by atoms with Gasteiger partial charge in [0.25, 0.3) is 0 Å². The number of carbonyl (C=O) groups excluding carboxylic acids is 1. The number of carbonyl (C=O) groups is 1. The Morgan fingerprint density at radius 1 is 1.12 bits per heavy atom. The van der Waals surface area contributed by atoms with E-state index in [2.05, 4.69) is 44.8 Å². The molecule has 0 unspecified atom stereocenters. The molecule has 0 aliphatic carbocycles. The number of hydrogen-bond acceptors (Lipinski definition) is 5. The molecule has 0 spiro atoms. The number of benzene rings is 1. The first-order chi connectivity index (χ1) is 11.7. The van der Waals surface area contributed by atoms with Crippen molar-refractivity contribution in [1.82, 2.24) is 4.98 Å². The third-order valence-corrected chi connectivity index (χ3v) is 3.90. The van der Waals surface area contributed by atoms with E-state index in [1.54, 1.807) is 19.2 Å². The lowest BCUT2D eigenvalue weighted by Crippen LogP contribution is -2.17. The Bertz CT molecular complexity index is 664. The number of ether oxygens (including phenoxy) is 1. The second kappa shape index (κ2) is 7.68. The topological polar surface area (TPSA) is 66.5 Å². The largest absolute Gasteiger partial charge is 0.450 e. The summed E-state index contributed by atoms with van der Waals surface area (Å²) in [4.78, 5) is 18.0. The number of pyridine rings is 1. The molecule has 0 radical (unpaired) electrons. The predicted octanol–water partition coefficient (Wildman–Crippen LogP) is 3.99. The van der Waals surface area contributed by atoms with Crippen LogP contribution in [0.5, 0.6) is 0 Å². The monoisotopic (exact) mass is 326 g/mol. The minimum absolute atomic E-state index is 0.340. The summed E-state index contributed by atoms with van der Waals surface area (Å²) in [6.07, 6.45) is 3.67. The quantitative estimate of drug-likeness (QED) is 0.869. The maximum Gasteiger partial charge on any atom is 0.411 e. The molecule has 126 valence electrons. The Kier molecular flexibility index (Phi) is 5.15. The molecule has 1 aromatic heterocycles. The zero-order valence-electron chi connectivity index (χ0n) is 13.8. The van der Waals surface area contributed by atoms with Crippen molar-refractivity contribution < 1.29 is 9.53 Å². The minimum Gasteiger partial charge on any atom is -0.450 e. The molecule has 1 saturated heterocycles. The van der Waals surface area contributed by atoms with Crippen LogP contribution in [0.4, 0.5) is 27.7 Å². The van der Waals surface area contributed by atoms with Crippen LogP contribution in [0, 0.1) is 0 Å². The van der Waals surface area contributed by atoms with Gasteiger partial charge in [-0.2, -0.15) is 0 Å². The number of nitrogens with one attached hydrogen (secondary N) is 2. The molecule has 1 fully saturated rings. The molecule has 3 rings (SSSR count). The fourth-order valence-corrected chi connectivity index (χ4v) is 2.71. The molecule has 2 aromatic rings. The zero-order chi connectivity index (χ0) is 16.8. The van der Waals surface area contributed by atoms with Crippen LogP contribution < -0.4 is 15.5 Å². The van der Waals surface area contributed by atoms with E-state index in [0.717, 1.165) is 24.6 Å². The Morgan fingerprint density at radius 2 is 1.83 bits per heavy atom. The average Bonchev–Trinajstić information content (AvgIpc) is 3.12. The molecule has 24 heavy (non-hydrogen) atoms.